The van der Waals surface area contributed by atoms with Crippen LogP contribution in [0.4, 0.5) is 29.3 Å². The van der Waals surface area contributed by atoms with E-state index >= 15 is 0 Å². The van der Waals surface area contributed by atoms with Crippen molar-refractivity contribution in [2.75, 3.05) is 12.4 Å². The number of non-ortho nitro benzene ring substituents is 2. The van der Waals surface area contributed by atoms with Gasteiger partial charge in [0.1, 0.15) is 38.3 Å². The standard InChI is InChI=1S/C34H34N5O11S2.CHF3O3S/c1-4-51-31-32-36(18-35(31)13-14-48-34(43)50-17-22-7-11-24(12-8-22)39(46)47)15-25(52-32)26-19(2)28-27(20(3)40)30(41)37(28)29(26)33(42)49-16-21-5-9-23(10-6-21)38(44)45;2-1(3,4)8(5,6)7/h5-12,15,18-20,27-28,40H,4,13-14,16-17H2,1-3H3;(H,5,6,7)/q+1;/p-1/t19-,20+,27+,28+;/m0./s1. The molecule has 4 atom stereocenters. The number of rotatable bonds is 14. The molecule has 0 unspecified atom stereocenters. The number of hydrogen-bond acceptors (Lipinski definition) is 16. The van der Waals surface area contributed by atoms with Crippen LogP contribution in [0.3, 0.4) is 0 Å². The topological polar surface area (TPSA) is 254 Å². The van der Waals surface area contributed by atoms with Gasteiger partial charge in [-0.15, -0.1) is 0 Å². The minimum atomic E-state index is -6.09. The predicted octanol–water partition coefficient (Wildman–Crippen LogP) is 4.93. The largest absolute Gasteiger partial charge is 0.741 e. The first-order valence-electron chi connectivity index (χ1n) is 17.5. The highest BCUT2D eigenvalue weighted by Crippen LogP contribution is 2.52. The van der Waals surface area contributed by atoms with Crippen LogP contribution in [0.2, 0.25) is 0 Å². The van der Waals surface area contributed by atoms with E-state index in [4.69, 9.17) is 27.2 Å². The number of nitro groups is 2. The summed E-state index contributed by atoms with van der Waals surface area (Å²) in [6.07, 6.45) is 1.93. The molecule has 0 saturated carbocycles. The van der Waals surface area contributed by atoms with Gasteiger partial charge in [-0.3, -0.25) is 25.0 Å². The Bertz CT molecular complexity index is 2440. The fourth-order valence-corrected chi connectivity index (χ4v) is 8.72. The number of esters is 1. The van der Waals surface area contributed by atoms with Crippen LogP contribution >= 0.6 is 23.1 Å². The van der Waals surface area contributed by atoms with Gasteiger partial charge >= 0.3 is 17.6 Å². The van der Waals surface area contributed by atoms with Crippen LogP contribution in [-0.4, -0.2) is 85.3 Å². The summed E-state index contributed by atoms with van der Waals surface area (Å²) < 4.78 is 78.8. The lowest BCUT2D eigenvalue weighted by Crippen LogP contribution is -2.63. The van der Waals surface area contributed by atoms with Crippen LogP contribution < -0.4 is 4.57 Å². The lowest BCUT2D eigenvalue weighted by molar-refractivity contribution is -0.730. The van der Waals surface area contributed by atoms with Crippen molar-refractivity contribution in [3.63, 3.8) is 0 Å². The maximum Gasteiger partial charge on any atom is 0.508 e. The summed E-state index contributed by atoms with van der Waals surface area (Å²) in [6, 6.07) is 10.9. The third-order valence-corrected chi connectivity index (χ3v) is 12.0. The fraction of sp³-hybridized carbons (Fsp3) is 0.371. The van der Waals surface area contributed by atoms with Crippen LogP contribution in [0.15, 0.2) is 71.8 Å². The summed E-state index contributed by atoms with van der Waals surface area (Å²) in [6.45, 7) is 5.55. The van der Waals surface area contributed by atoms with Gasteiger partial charge in [-0.05, 0) is 48.1 Å². The zero-order chi connectivity index (χ0) is 44.3. The van der Waals surface area contributed by atoms with Gasteiger partial charge in [0, 0.05) is 35.8 Å². The average Bonchev–Trinajstić information content (AvgIpc) is 3.80. The van der Waals surface area contributed by atoms with E-state index in [0.29, 0.717) is 23.2 Å². The lowest BCUT2D eigenvalue weighted by atomic mass is 9.77. The highest BCUT2D eigenvalue weighted by Gasteiger charge is 2.60. The second-order valence-corrected chi connectivity index (χ2v) is 16.7. The van der Waals surface area contributed by atoms with Gasteiger partial charge in [0.15, 0.2) is 10.1 Å². The molecule has 4 aromatic rings. The molecule has 1 saturated heterocycles. The lowest BCUT2D eigenvalue weighted by Gasteiger charge is -2.46. The molecular weight excluding hydrogens is 868 g/mol. The maximum atomic E-state index is 13.7. The molecule has 1 fully saturated rings. The molecule has 19 nitrogen and oxygen atoms in total. The second kappa shape index (κ2) is 18.3. The number of carbonyl (C=O) groups excluding carboxylic acids is 3. The van der Waals surface area contributed by atoms with Crippen LogP contribution in [-0.2, 0) is 53.7 Å². The van der Waals surface area contributed by atoms with E-state index in [1.165, 1.54) is 64.8 Å². The van der Waals surface area contributed by atoms with Gasteiger partial charge in [0.2, 0.25) is 15.8 Å². The molecule has 2 aromatic heterocycles. The summed E-state index contributed by atoms with van der Waals surface area (Å²) >= 11 is 3.02. The van der Waals surface area contributed by atoms with Gasteiger partial charge in [0.25, 0.3) is 17.7 Å². The molecule has 1 amide bonds. The zero-order valence-corrected chi connectivity index (χ0v) is 33.9. The van der Waals surface area contributed by atoms with E-state index in [1.54, 1.807) is 18.7 Å². The van der Waals surface area contributed by atoms with E-state index in [0.717, 1.165) is 20.5 Å². The molecule has 2 aliphatic heterocycles. The first-order valence-corrected chi connectivity index (χ1v) is 20.7. The molecule has 6 rings (SSSR count). The number of ether oxygens (including phenoxy) is 3. The predicted molar refractivity (Wildman–Crippen MR) is 202 cm³/mol. The molecule has 322 valence electrons. The van der Waals surface area contributed by atoms with Crippen LogP contribution in [0.1, 0.15) is 36.8 Å². The quantitative estimate of drug-likeness (QED) is 0.0257. The molecule has 0 spiro atoms. The molecule has 4 heterocycles. The molecule has 1 N–H and O–H groups in total. The van der Waals surface area contributed by atoms with Gasteiger partial charge in [-0.25, -0.2) is 22.6 Å². The van der Waals surface area contributed by atoms with Crippen molar-refractivity contribution in [2.45, 2.75) is 63.2 Å². The Morgan fingerprint density at radius 2 is 1.53 bits per heavy atom. The number of fused-ring (bicyclic) bond motifs is 2. The number of thiazole rings is 1. The van der Waals surface area contributed by atoms with Crippen LogP contribution in [0, 0.1) is 32.1 Å². The average molecular weight is 902 g/mol. The minimum Gasteiger partial charge on any atom is -0.741 e. The van der Waals surface area contributed by atoms with E-state index in [9.17, 15) is 52.9 Å². The number of halogens is 3. The Labute approximate surface area is 346 Å². The summed E-state index contributed by atoms with van der Waals surface area (Å²) in [7, 11) is -6.09. The summed E-state index contributed by atoms with van der Waals surface area (Å²) in [4.78, 5) is 63.1. The smallest absolute Gasteiger partial charge is 0.508 e. The molecule has 0 radical (unpaired) electrons. The monoisotopic (exact) mass is 901 g/mol. The number of β-lactam (4-membered cyclic amide) rings is 1. The molecule has 25 heteroatoms. The number of nitrogens with zero attached hydrogens (tertiary/aromatic N) is 5. The Kier molecular flexibility index (Phi) is 13.9. The minimum absolute atomic E-state index is 0.0121. The third-order valence-electron chi connectivity index (χ3n) is 9.17. The number of thioether (sulfide) groups is 1. The number of nitro benzene ring substituents is 2. The van der Waals surface area contributed by atoms with E-state index in [2.05, 4.69) is 0 Å². The molecular formula is C35H34F3N5O14S3. The number of aliphatic hydroxyl groups excluding tert-OH is 1. The summed E-state index contributed by atoms with van der Waals surface area (Å²) in [5, 5.41) is 33.2. The highest BCUT2D eigenvalue weighted by molar-refractivity contribution is 7.99. The van der Waals surface area contributed by atoms with Crippen molar-refractivity contribution in [3.8, 4) is 0 Å². The Morgan fingerprint density at radius 3 is 2.02 bits per heavy atom. The van der Waals surface area contributed by atoms with Crippen molar-refractivity contribution < 1.29 is 74.3 Å². The molecule has 2 aliphatic rings. The molecule has 0 bridgehead atoms. The van der Waals surface area contributed by atoms with Crippen molar-refractivity contribution in [2.24, 2.45) is 11.8 Å². The van der Waals surface area contributed by atoms with Gasteiger partial charge < -0.3 is 28.8 Å². The van der Waals surface area contributed by atoms with Gasteiger partial charge in [-0.1, -0.05) is 36.9 Å². The van der Waals surface area contributed by atoms with E-state index in [-0.39, 0.29) is 48.7 Å². The fourth-order valence-electron chi connectivity index (χ4n) is 6.44. The Balaban J connectivity index is 0.000000774. The SMILES string of the molecule is CCSc1c2sc(C3=C(C(=O)OCc4ccc([N+](=O)[O-])cc4)N4C(=O)[C@H]([C@@H](C)O)[C@H]4[C@H]3C)cn2c[n+]1CCOC(=O)OCc1ccc([N+](=O)[O-])cc1.O=S(=O)([O-])C(F)(F)F. The number of carbonyl (C=O) groups is 3. The zero-order valence-electron chi connectivity index (χ0n) is 31.5. The maximum absolute atomic E-state index is 13.7. The van der Waals surface area contributed by atoms with Crippen LogP contribution in [0.5, 0.6) is 0 Å². The van der Waals surface area contributed by atoms with Crippen molar-refractivity contribution >= 4 is 73.0 Å². The number of benzene rings is 2. The van der Waals surface area contributed by atoms with Crippen LogP contribution in [0.25, 0.3) is 10.4 Å². The number of hydrogen-bond donors (Lipinski definition) is 1. The third kappa shape index (κ3) is 9.86. The number of aliphatic hydroxyl groups is 1. The Hall–Kier alpha value is -5.63. The van der Waals surface area contributed by atoms with Crippen molar-refractivity contribution in [1.82, 2.24) is 9.30 Å². The normalized spacial score (nSPS) is 18.0. The number of imidazole rings is 1. The number of aromatic nitrogens is 2. The summed E-state index contributed by atoms with van der Waals surface area (Å²) in [5.74, 6) is -1.31. The second-order valence-electron chi connectivity index (χ2n) is 13.1. The van der Waals surface area contributed by atoms with E-state index < -0.39 is 55.7 Å². The molecule has 60 heavy (non-hydrogen) atoms. The number of alkyl halides is 3. The van der Waals surface area contributed by atoms with Gasteiger partial charge in [-0.2, -0.15) is 17.6 Å². The number of amides is 1. The first-order chi connectivity index (χ1) is 28.1. The van der Waals surface area contributed by atoms with Crippen molar-refractivity contribution in [1.29, 1.82) is 0 Å². The van der Waals surface area contributed by atoms with E-state index in [1.807, 2.05) is 35.3 Å². The molecule has 0 aliphatic carbocycles. The molecule has 2 aromatic carbocycles. The van der Waals surface area contributed by atoms with Crippen molar-refractivity contribution in [3.05, 3.63) is 103 Å². The van der Waals surface area contributed by atoms with Gasteiger partial charge in [0.05, 0.1) is 32.8 Å². The summed E-state index contributed by atoms with van der Waals surface area (Å²) in [5.41, 5.74) is -3.95. The first kappa shape index (κ1) is 45.5. The Morgan fingerprint density at radius 1 is 1.00 bits per heavy atom. The highest BCUT2D eigenvalue weighted by atomic mass is 32.2.